The van der Waals surface area contributed by atoms with Crippen LogP contribution >= 0.6 is 11.6 Å². The molecule has 2 heterocycles. The lowest BCUT2D eigenvalue weighted by molar-refractivity contribution is -0.0912. The molecule has 31 heavy (non-hydrogen) atoms. The molecule has 4 rings (SSSR count). The van der Waals surface area contributed by atoms with E-state index in [-0.39, 0.29) is 29.2 Å². The number of hydrogen-bond acceptors (Lipinski definition) is 7. The van der Waals surface area contributed by atoms with E-state index in [1.165, 1.54) is 6.07 Å². The summed E-state index contributed by atoms with van der Waals surface area (Å²) in [6.07, 6.45) is 2.73. The van der Waals surface area contributed by atoms with Gasteiger partial charge in [0.1, 0.15) is 11.7 Å². The predicted octanol–water partition coefficient (Wildman–Crippen LogP) is 2.75. The van der Waals surface area contributed by atoms with Crippen LogP contribution in [-0.2, 0) is 14.2 Å². The molecule has 0 bridgehead atoms. The van der Waals surface area contributed by atoms with Crippen molar-refractivity contribution in [2.24, 2.45) is 10.9 Å². The van der Waals surface area contributed by atoms with E-state index in [4.69, 9.17) is 25.8 Å². The van der Waals surface area contributed by atoms with Crippen LogP contribution in [-0.4, -0.2) is 82.2 Å². The quantitative estimate of drug-likeness (QED) is 0.617. The fraction of sp³-hybridized carbons (Fsp3) is 0.682. The Hall–Kier alpha value is -1.29. The largest absolute Gasteiger partial charge is 0.379 e. The SMILES string of the molecule is COC1CC2NCN=C(Nc3ccc(F)c(Cl)c3)C2CC1OCCCN1CCOCC1. The first-order chi connectivity index (χ1) is 15.1. The van der Waals surface area contributed by atoms with Gasteiger partial charge in [0.2, 0.25) is 0 Å². The van der Waals surface area contributed by atoms with Crippen LogP contribution in [0, 0.1) is 11.7 Å². The number of anilines is 1. The van der Waals surface area contributed by atoms with Gasteiger partial charge in [-0.1, -0.05) is 11.6 Å². The zero-order chi connectivity index (χ0) is 21.6. The second-order valence-corrected chi connectivity index (χ2v) is 8.74. The predicted molar refractivity (Wildman–Crippen MR) is 119 cm³/mol. The summed E-state index contributed by atoms with van der Waals surface area (Å²) in [5.74, 6) is 0.639. The molecular weight excluding hydrogens is 423 g/mol. The maximum absolute atomic E-state index is 13.5. The van der Waals surface area contributed by atoms with Crippen molar-refractivity contribution in [2.75, 3.05) is 58.6 Å². The molecule has 1 aliphatic carbocycles. The van der Waals surface area contributed by atoms with E-state index in [0.29, 0.717) is 13.3 Å². The van der Waals surface area contributed by atoms with Crippen molar-refractivity contribution in [3.05, 3.63) is 29.0 Å². The Kier molecular flexibility index (Phi) is 8.14. The van der Waals surface area contributed by atoms with E-state index in [0.717, 1.165) is 63.6 Å². The van der Waals surface area contributed by atoms with Crippen molar-refractivity contribution >= 4 is 23.1 Å². The first kappa shape index (κ1) is 22.9. The highest BCUT2D eigenvalue weighted by atomic mass is 35.5. The molecule has 0 aromatic heterocycles. The molecule has 2 aliphatic heterocycles. The number of halogens is 2. The molecule has 3 aliphatic rings. The molecule has 0 radical (unpaired) electrons. The number of nitrogens with zero attached hydrogens (tertiary/aromatic N) is 2. The van der Waals surface area contributed by atoms with E-state index in [9.17, 15) is 4.39 Å². The fourth-order valence-electron chi connectivity index (χ4n) is 4.65. The summed E-state index contributed by atoms with van der Waals surface area (Å²) in [4.78, 5) is 7.07. The standard InChI is InChI=1S/C22H32ClFN4O3/c1-29-20-13-19-16(12-21(20)31-8-2-5-28-6-9-30-10-7-28)22(26-14-25-19)27-15-3-4-18(24)17(23)11-15/h3-4,11,16,19-21,25H,2,5-10,12-14H2,1H3,(H,26,27). The van der Waals surface area contributed by atoms with Crippen LogP contribution in [0.4, 0.5) is 10.1 Å². The van der Waals surface area contributed by atoms with Gasteiger partial charge in [-0.25, -0.2) is 4.39 Å². The average molecular weight is 455 g/mol. The Labute approximate surface area is 188 Å². The van der Waals surface area contributed by atoms with Gasteiger partial charge in [-0.3, -0.25) is 15.2 Å². The lowest BCUT2D eigenvalue weighted by Crippen LogP contribution is -2.55. The summed E-state index contributed by atoms with van der Waals surface area (Å²) in [5.41, 5.74) is 0.739. The minimum absolute atomic E-state index is 0.0136. The van der Waals surface area contributed by atoms with Crippen LogP contribution in [0.1, 0.15) is 19.3 Å². The van der Waals surface area contributed by atoms with Crippen molar-refractivity contribution in [2.45, 2.75) is 37.5 Å². The lowest BCUT2D eigenvalue weighted by atomic mass is 9.79. The van der Waals surface area contributed by atoms with Crippen LogP contribution in [0.5, 0.6) is 0 Å². The van der Waals surface area contributed by atoms with Crippen molar-refractivity contribution in [3.8, 4) is 0 Å². The smallest absolute Gasteiger partial charge is 0.141 e. The Balaban J connectivity index is 1.34. The van der Waals surface area contributed by atoms with Crippen LogP contribution in [0.25, 0.3) is 0 Å². The van der Waals surface area contributed by atoms with Crippen LogP contribution < -0.4 is 10.6 Å². The number of nitrogens with one attached hydrogen (secondary N) is 2. The molecule has 1 saturated heterocycles. The maximum atomic E-state index is 13.5. The minimum atomic E-state index is -0.427. The molecule has 4 unspecified atom stereocenters. The summed E-state index contributed by atoms with van der Waals surface area (Å²) in [6, 6.07) is 4.90. The Bertz CT molecular complexity index is 762. The van der Waals surface area contributed by atoms with Crippen molar-refractivity contribution < 1.29 is 18.6 Å². The third-order valence-electron chi connectivity index (χ3n) is 6.38. The third kappa shape index (κ3) is 5.94. The molecular formula is C22H32ClFN4O3. The molecule has 2 N–H and O–H groups in total. The molecule has 2 fully saturated rings. The number of hydrogen-bond donors (Lipinski definition) is 2. The molecule has 1 aromatic rings. The van der Waals surface area contributed by atoms with E-state index in [1.54, 1.807) is 19.2 Å². The molecule has 4 atom stereocenters. The summed E-state index contributed by atoms with van der Waals surface area (Å²) in [7, 11) is 1.76. The van der Waals surface area contributed by atoms with E-state index >= 15 is 0 Å². The topological polar surface area (TPSA) is 67.3 Å². The number of methoxy groups -OCH3 is 1. The van der Waals surface area contributed by atoms with Gasteiger partial charge >= 0.3 is 0 Å². The van der Waals surface area contributed by atoms with Crippen molar-refractivity contribution in [1.82, 2.24) is 10.2 Å². The Morgan fingerprint density at radius 2 is 2.13 bits per heavy atom. The summed E-state index contributed by atoms with van der Waals surface area (Å²) < 4.78 is 31.0. The van der Waals surface area contributed by atoms with Gasteiger partial charge in [0.15, 0.2) is 0 Å². The molecule has 1 saturated carbocycles. The second kappa shape index (κ2) is 11.0. The zero-order valence-corrected chi connectivity index (χ0v) is 18.7. The Morgan fingerprint density at radius 3 is 2.90 bits per heavy atom. The highest BCUT2D eigenvalue weighted by molar-refractivity contribution is 6.31. The molecule has 172 valence electrons. The molecule has 9 heteroatoms. The third-order valence-corrected chi connectivity index (χ3v) is 6.67. The van der Waals surface area contributed by atoms with Crippen molar-refractivity contribution in [1.29, 1.82) is 0 Å². The zero-order valence-electron chi connectivity index (χ0n) is 18.0. The molecule has 1 aromatic carbocycles. The first-order valence-electron chi connectivity index (χ1n) is 11.1. The monoisotopic (exact) mass is 454 g/mol. The van der Waals surface area contributed by atoms with Gasteiger partial charge in [-0.15, -0.1) is 0 Å². The van der Waals surface area contributed by atoms with E-state index < -0.39 is 5.82 Å². The number of fused-ring (bicyclic) bond motifs is 1. The first-order valence-corrected chi connectivity index (χ1v) is 11.5. The highest BCUT2D eigenvalue weighted by Gasteiger charge is 2.41. The fourth-order valence-corrected chi connectivity index (χ4v) is 4.83. The van der Waals surface area contributed by atoms with Gasteiger partial charge in [0.05, 0.1) is 37.1 Å². The van der Waals surface area contributed by atoms with Crippen LogP contribution in [0.2, 0.25) is 5.02 Å². The van der Waals surface area contributed by atoms with Gasteiger partial charge in [-0.05, 0) is 37.5 Å². The van der Waals surface area contributed by atoms with E-state index in [1.807, 2.05) is 0 Å². The number of ether oxygens (including phenoxy) is 3. The number of aliphatic imine (C=N–C) groups is 1. The lowest BCUT2D eigenvalue weighted by Gasteiger charge is -2.43. The molecule has 0 spiro atoms. The molecule has 7 nitrogen and oxygen atoms in total. The van der Waals surface area contributed by atoms with Gasteiger partial charge in [-0.2, -0.15) is 0 Å². The number of rotatable bonds is 7. The van der Waals surface area contributed by atoms with Gasteiger partial charge < -0.3 is 19.5 Å². The summed E-state index contributed by atoms with van der Waals surface area (Å²) >= 11 is 5.94. The summed E-state index contributed by atoms with van der Waals surface area (Å²) in [6.45, 7) is 5.91. The van der Waals surface area contributed by atoms with Gasteiger partial charge in [0.25, 0.3) is 0 Å². The normalized spacial score (nSPS) is 29.3. The second-order valence-electron chi connectivity index (χ2n) is 8.33. The van der Waals surface area contributed by atoms with Gasteiger partial charge in [0, 0.05) is 51.0 Å². The number of amidine groups is 1. The van der Waals surface area contributed by atoms with Crippen molar-refractivity contribution in [3.63, 3.8) is 0 Å². The maximum Gasteiger partial charge on any atom is 0.141 e. The van der Waals surface area contributed by atoms with Crippen LogP contribution in [0.15, 0.2) is 23.2 Å². The molecule has 0 amide bonds. The highest BCUT2D eigenvalue weighted by Crippen LogP contribution is 2.32. The van der Waals surface area contributed by atoms with Crippen LogP contribution in [0.3, 0.4) is 0 Å². The Morgan fingerprint density at radius 1 is 1.29 bits per heavy atom. The summed E-state index contributed by atoms with van der Waals surface area (Å²) in [5, 5.41) is 6.94. The van der Waals surface area contributed by atoms with E-state index in [2.05, 4.69) is 20.5 Å². The average Bonchev–Trinajstić information content (AvgIpc) is 2.79. The number of morpholine rings is 1. The minimum Gasteiger partial charge on any atom is -0.379 e. The number of benzene rings is 1.